The van der Waals surface area contributed by atoms with Crippen LogP contribution in [0.2, 0.25) is 5.02 Å². The van der Waals surface area contributed by atoms with Gasteiger partial charge in [0.1, 0.15) is 5.69 Å². The first kappa shape index (κ1) is 10.1. The number of ether oxygens (including phenoxy) is 1. The summed E-state index contributed by atoms with van der Waals surface area (Å²) in [4.78, 5) is 14.4. The molecule has 1 aromatic heterocycles. The second kappa shape index (κ2) is 3.95. The SMILES string of the molecule is CCOC(=O)c1[nH]c2ccccc2c1Cl. The first-order valence-electron chi connectivity index (χ1n) is 4.67. The van der Waals surface area contributed by atoms with Crippen LogP contribution in [0.15, 0.2) is 24.3 Å². The number of rotatable bonds is 2. The van der Waals surface area contributed by atoms with Gasteiger partial charge in [0, 0.05) is 10.9 Å². The van der Waals surface area contributed by atoms with Gasteiger partial charge in [-0.1, -0.05) is 29.8 Å². The van der Waals surface area contributed by atoms with Gasteiger partial charge in [-0.25, -0.2) is 4.79 Å². The van der Waals surface area contributed by atoms with Gasteiger partial charge in [0.25, 0.3) is 0 Å². The van der Waals surface area contributed by atoms with Gasteiger partial charge in [-0.3, -0.25) is 0 Å². The number of nitrogens with one attached hydrogen (secondary N) is 1. The van der Waals surface area contributed by atoms with Gasteiger partial charge in [-0.15, -0.1) is 0 Å². The highest BCUT2D eigenvalue weighted by Crippen LogP contribution is 2.27. The first-order valence-corrected chi connectivity index (χ1v) is 5.05. The Balaban J connectivity index is 2.53. The molecule has 0 unspecified atom stereocenters. The van der Waals surface area contributed by atoms with Crippen LogP contribution in [0.5, 0.6) is 0 Å². The van der Waals surface area contributed by atoms with Crippen LogP contribution < -0.4 is 0 Å². The van der Waals surface area contributed by atoms with E-state index in [4.69, 9.17) is 16.3 Å². The van der Waals surface area contributed by atoms with Crippen molar-refractivity contribution in [1.29, 1.82) is 0 Å². The largest absolute Gasteiger partial charge is 0.461 e. The van der Waals surface area contributed by atoms with E-state index < -0.39 is 5.97 Å². The molecule has 0 aliphatic carbocycles. The molecule has 4 heteroatoms. The Morgan fingerprint density at radius 1 is 1.47 bits per heavy atom. The normalized spacial score (nSPS) is 10.5. The Labute approximate surface area is 92.0 Å². The molecule has 0 bridgehead atoms. The molecule has 2 aromatic rings. The quantitative estimate of drug-likeness (QED) is 0.796. The van der Waals surface area contributed by atoms with Crippen molar-refractivity contribution in [2.24, 2.45) is 0 Å². The number of carbonyl (C=O) groups is 1. The Bertz CT molecular complexity index is 504. The number of carbonyl (C=O) groups excluding carboxylic acids is 1. The van der Waals surface area contributed by atoms with Crippen molar-refractivity contribution in [3.8, 4) is 0 Å². The number of halogens is 1. The molecule has 1 N–H and O–H groups in total. The second-order valence-corrected chi connectivity index (χ2v) is 3.46. The zero-order chi connectivity index (χ0) is 10.8. The second-order valence-electron chi connectivity index (χ2n) is 3.08. The van der Waals surface area contributed by atoms with Gasteiger partial charge < -0.3 is 9.72 Å². The Kier molecular flexibility index (Phi) is 2.64. The molecule has 15 heavy (non-hydrogen) atoms. The fourth-order valence-electron chi connectivity index (χ4n) is 1.45. The summed E-state index contributed by atoms with van der Waals surface area (Å²) >= 11 is 6.06. The van der Waals surface area contributed by atoms with Crippen molar-refractivity contribution >= 4 is 28.5 Å². The number of aromatic nitrogens is 1. The minimum absolute atomic E-state index is 0.319. The third-order valence-corrected chi connectivity index (χ3v) is 2.51. The fourth-order valence-corrected chi connectivity index (χ4v) is 1.74. The van der Waals surface area contributed by atoms with Gasteiger partial charge in [0.15, 0.2) is 0 Å². The Morgan fingerprint density at radius 3 is 2.87 bits per heavy atom. The number of aromatic amines is 1. The molecule has 0 amide bonds. The van der Waals surface area contributed by atoms with E-state index in [-0.39, 0.29) is 0 Å². The molecule has 78 valence electrons. The van der Waals surface area contributed by atoms with Crippen LogP contribution >= 0.6 is 11.6 Å². The lowest BCUT2D eigenvalue weighted by molar-refractivity contribution is 0.0521. The molecule has 0 radical (unpaired) electrons. The average Bonchev–Trinajstić information content (AvgIpc) is 2.57. The molecular weight excluding hydrogens is 214 g/mol. The smallest absolute Gasteiger partial charge is 0.356 e. The summed E-state index contributed by atoms with van der Waals surface area (Å²) in [5.41, 5.74) is 1.16. The lowest BCUT2D eigenvalue weighted by Crippen LogP contribution is -2.05. The van der Waals surface area contributed by atoms with E-state index in [1.165, 1.54) is 0 Å². The highest BCUT2D eigenvalue weighted by molar-refractivity contribution is 6.38. The van der Waals surface area contributed by atoms with Crippen molar-refractivity contribution in [2.45, 2.75) is 6.92 Å². The maximum absolute atomic E-state index is 11.5. The number of hydrogen-bond donors (Lipinski definition) is 1. The molecule has 2 rings (SSSR count). The highest BCUT2D eigenvalue weighted by atomic mass is 35.5. The maximum atomic E-state index is 11.5. The zero-order valence-electron chi connectivity index (χ0n) is 8.21. The van der Waals surface area contributed by atoms with Crippen LogP contribution in [-0.2, 0) is 4.74 Å². The van der Waals surface area contributed by atoms with Crippen LogP contribution in [-0.4, -0.2) is 17.6 Å². The van der Waals surface area contributed by atoms with Crippen molar-refractivity contribution < 1.29 is 9.53 Å². The summed E-state index contributed by atoms with van der Waals surface area (Å²) in [6, 6.07) is 7.47. The van der Waals surface area contributed by atoms with Crippen molar-refractivity contribution in [1.82, 2.24) is 4.98 Å². The number of benzene rings is 1. The van der Waals surface area contributed by atoms with E-state index in [2.05, 4.69) is 4.98 Å². The van der Waals surface area contributed by atoms with Gasteiger partial charge in [-0.2, -0.15) is 0 Å². The summed E-state index contributed by atoms with van der Waals surface area (Å²) in [6.45, 7) is 2.10. The van der Waals surface area contributed by atoms with Crippen molar-refractivity contribution in [3.05, 3.63) is 35.0 Å². The molecule has 0 spiro atoms. The molecule has 0 aliphatic rings. The monoisotopic (exact) mass is 223 g/mol. The van der Waals surface area contributed by atoms with E-state index in [1.54, 1.807) is 6.92 Å². The third-order valence-electron chi connectivity index (χ3n) is 2.12. The Hall–Kier alpha value is -1.48. The number of para-hydroxylation sites is 1. The molecule has 1 heterocycles. The van der Waals surface area contributed by atoms with Crippen LogP contribution in [0.1, 0.15) is 17.4 Å². The molecule has 0 fully saturated rings. The fraction of sp³-hybridized carbons (Fsp3) is 0.182. The lowest BCUT2D eigenvalue weighted by Gasteiger charge is -1.98. The standard InChI is InChI=1S/C11H10ClNO2/c1-2-15-11(14)10-9(12)7-5-3-4-6-8(7)13-10/h3-6,13H,2H2,1H3. The van der Waals surface area contributed by atoms with E-state index in [0.717, 1.165) is 10.9 Å². The van der Waals surface area contributed by atoms with Crippen LogP contribution in [0.4, 0.5) is 0 Å². The zero-order valence-corrected chi connectivity index (χ0v) is 8.97. The molecule has 0 saturated carbocycles. The molecule has 0 atom stereocenters. The predicted octanol–water partition coefficient (Wildman–Crippen LogP) is 3.00. The molecule has 3 nitrogen and oxygen atoms in total. The van der Waals surface area contributed by atoms with E-state index in [1.807, 2.05) is 24.3 Å². The van der Waals surface area contributed by atoms with Crippen LogP contribution in [0.3, 0.4) is 0 Å². The van der Waals surface area contributed by atoms with Crippen molar-refractivity contribution in [3.63, 3.8) is 0 Å². The Morgan fingerprint density at radius 2 is 2.20 bits per heavy atom. The summed E-state index contributed by atoms with van der Waals surface area (Å²) in [5, 5.41) is 1.26. The van der Waals surface area contributed by atoms with Crippen LogP contribution in [0.25, 0.3) is 10.9 Å². The first-order chi connectivity index (χ1) is 7.24. The minimum atomic E-state index is -0.418. The number of hydrogen-bond acceptors (Lipinski definition) is 2. The summed E-state index contributed by atoms with van der Waals surface area (Å²) in [6.07, 6.45) is 0. The summed E-state index contributed by atoms with van der Waals surface area (Å²) in [5.74, 6) is -0.418. The topological polar surface area (TPSA) is 42.1 Å². The van der Waals surface area contributed by atoms with Gasteiger partial charge in [0.05, 0.1) is 11.6 Å². The molecule has 0 aliphatic heterocycles. The predicted molar refractivity (Wildman–Crippen MR) is 59.3 cm³/mol. The van der Waals surface area contributed by atoms with Gasteiger partial charge in [-0.05, 0) is 13.0 Å². The summed E-state index contributed by atoms with van der Waals surface area (Å²) in [7, 11) is 0. The van der Waals surface area contributed by atoms with Gasteiger partial charge in [0.2, 0.25) is 0 Å². The minimum Gasteiger partial charge on any atom is -0.461 e. The molecule has 0 saturated heterocycles. The number of esters is 1. The van der Waals surface area contributed by atoms with Gasteiger partial charge >= 0.3 is 5.97 Å². The molecular formula is C11H10ClNO2. The molecule has 1 aromatic carbocycles. The average molecular weight is 224 g/mol. The third kappa shape index (κ3) is 1.70. The van der Waals surface area contributed by atoms with Crippen LogP contribution in [0, 0.1) is 0 Å². The highest BCUT2D eigenvalue weighted by Gasteiger charge is 2.16. The van der Waals surface area contributed by atoms with E-state index in [0.29, 0.717) is 17.3 Å². The number of fused-ring (bicyclic) bond motifs is 1. The number of H-pyrrole nitrogens is 1. The van der Waals surface area contributed by atoms with E-state index >= 15 is 0 Å². The maximum Gasteiger partial charge on any atom is 0.356 e. The van der Waals surface area contributed by atoms with E-state index in [9.17, 15) is 4.79 Å². The lowest BCUT2D eigenvalue weighted by atomic mass is 10.2. The van der Waals surface area contributed by atoms with Crippen molar-refractivity contribution in [2.75, 3.05) is 6.61 Å². The summed E-state index contributed by atoms with van der Waals surface area (Å²) < 4.78 is 4.88.